The van der Waals surface area contributed by atoms with Gasteiger partial charge >= 0.3 is 0 Å². The van der Waals surface area contributed by atoms with Crippen LogP contribution in [0.2, 0.25) is 0 Å². The summed E-state index contributed by atoms with van der Waals surface area (Å²) in [6.45, 7) is 0. The fraction of sp³-hybridized carbons (Fsp3) is 0.0714. The highest BCUT2D eigenvalue weighted by Crippen LogP contribution is 2.17. The number of nitrogens with zero attached hydrogens (tertiary/aromatic N) is 2. The first kappa shape index (κ1) is 10.7. The summed E-state index contributed by atoms with van der Waals surface area (Å²) in [5, 5.41) is 9.45. The molecule has 0 spiro atoms. The van der Waals surface area contributed by atoms with Crippen LogP contribution in [0.25, 0.3) is 5.52 Å². The quantitative estimate of drug-likeness (QED) is 0.720. The van der Waals surface area contributed by atoms with Gasteiger partial charge in [0.2, 0.25) is 0 Å². The van der Waals surface area contributed by atoms with Crippen molar-refractivity contribution in [1.82, 2.24) is 9.38 Å². The molecule has 0 aliphatic rings. The van der Waals surface area contributed by atoms with Gasteiger partial charge in [-0.3, -0.25) is 0 Å². The number of hydrogen-bond donors (Lipinski definition) is 2. The van der Waals surface area contributed by atoms with E-state index >= 15 is 0 Å². The van der Waals surface area contributed by atoms with Gasteiger partial charge in [-0.25, -0.2) is 4.98 Å². The molecule has 0 amide bonds. The number of phenols is 1. The van der Waals surface area contributed by atoms with E-state index in [2.05, 4.69) is 4.98 Å². The van der Waals surface area contributed by atoms with Crippen LogP contribution in [-0.4, -0.2) is 14.5 Å². The van der Waals surface area contributed by atoms with Crippen molar-refractivity contribution >= 4 is 11.2 Å². The Hall–Kier alpha value is -2.49. The van der Waals surface area contributed by atoms with E-state index in [0.717, 1.165) is 22.6 Å². The van der Waals surface area contributed by atoms with Crippen molar-refractivity contribution in [3.63, 3.8) is 0 Å². The van der Waals surface area contributed by atoms with Gasteiger partial charge in [0.15, 0.2) is 0 Å². The highest BCUT2D eigenvalue weighted by molar-refractivity contribution is 5.56. The van der Waals surface area contributed by atoms with Gasteiger partial charge in [0, 0.05) is 18.3 Å². The lowest BCUT2D eigenvalue weighted by atomic mass is 10.1. The highest BCUT2D eigenvalue weighted by atomic mass is 16.3. The fourth-order valence-corrected chi connectivity index (χ4v) is 2.05. The van der Waals surface area contributed by atoms with Crippen LogP contribution in [0.5, 0.6) is 5.75 Å². The molecule has 0 fully saturated rings. The van der Waals surface area contributed by atoms with Gasteiger partial charge in [0.05, 0.1) is 11.7 Å². The smallest absolute Gasteiger partial charge is 0.117 e. The minimum atomic E-state index is 0.276. The Morgan fingerprint density at radius 3 is 2.94 bits per heavy atom. The van der Waals surface area contributed by atoms with Crippen LogP contribution < -0.4 is 5.73 Å². The second-order valence-electron chi connectivity index (χ2n) is 4.28. The Kier molecular flexibility index (Phi) is 2.41. The van der Waals surface area contributed by atoms with Crippen LogP contribution in [0.15, 0.2) is 48.8 Å². The van der Waals surface area contributed by atoms with E-state index in [9.17, 15) is 5.11 Å². The van der Waals surface area contributed by atoms with E-state index in [1.807, 2.05) is 34.9 Å². The number of hydrogen-bond acceptors (Lipinski definition) is 3. The maximum Gasteiger partial charge on any atom is 0.117 e. The summed E-state index contributed by atoms with van der Waals surface area (Å²) in [7, 11) is 0. The molecule has 0 saturated heterocycles. The Bertz CT molecular complexity index is 703. The van der Waals surface area contributed by atoms with Gasteiger partial charge in [-0.05, 0) is 29.8 Å². The molecule has 1 aromatic carbocycles. The molecule has 0 saturated carbocycles. The number of anilines is 1. The zero-order valence-electron chi connectivity index (χ0n) is 9.74. The summed E-state index contributed by atoms with van der Waals surface area (Å²) in [4.78, 5) is 4.39. The van der Waals surface area contributed by atoms with E-state index < -0.39 is 0 Å². The maximum atomic E-state index is 9.45. The molecule has 0 aliphatic carbocycles. The maximum absolute atomic E-state index is 9.45. The average molecular weight is 239 g/mol. The molecule has 18 heavy (non-hydrogen) atoms. The van der Waals surface area contributed by atoms with Gasteiger partial charge in [-0.15, -0.1) is 0 Å². The molecule has 4 nitrogen and oxygen atoms in total. The van der Waals surface area contributed by atoms with E-state index in [0.29, 0.717) is 6.42 Å². The van der Waals surface area contributed by atoms with Crippen molar-refractivity contribution in [2.45, 2.75) is 6.42 Å². The lowest BCUT2D eigenvalue weighted by Gasteiger charge is -2.03. The van der Waals surface area contributed by atoms with E-state index in [-0.39, 0.29) is 5.75 Å². The number of nitrogens with two attached hydrogens (primary N) is 1. The normalized spacial score (nSPS) is 10.9. The molecule has 0 aliphatic heterocycles. The van der Waals surface area contributed by atoms with Crippen LogP contribution in [0.1, 0.15) is 11.4 Å². The van der Waals surface area contributed by atoms with Crippen LogP contribution in [0.4, 0.5) is 5.69 Å². The SMILES string of the molecule is Nc1ccn2c(Cc3cccc(O)c3)ncc2c1. The number of phenolic OH excluding ortho intramolecular Hbond substituents is 1. The molecule has 90 valence electrons. The predicted molar refractivity (Wildman–Crippen MR) is 70.5 cm³/mol. The van der Waals surface area contributed by atoms with Crippen LogP contribution in [0, 0.1) is 0 Å². The summed E-state index contributed by atoms with van der Waals surface area (Å²) in [5.41, 5.74) is 8.46. The average Bonchev–Trinajstić information content (AvgIpc) is 2.72. The minimum Gasteiger partial charge on any atom is -0.508 e. The van der Waals surface area contributed by atoms with Gasteiger partial charge in [-0.1, -0.05) is 12.1 Å². The zero-order chi connectivity index (χ0) is 12.5. The monoisotopic (exact) mass is 239 g/mol. The summed E-state index contributed by atoms with van der Waals surface area (Å²) < 4.78 is 2.00. The number of rotatable bonds is 2. The Morgan fingerprint density at radius 1 is 1.22 bits per heavy atom. The molecular formula is C14H13N3O. The minimum absolute atomic E-state index is 0.276. The summed E-state index contributed by atoms with van der Waals surface area (Å²) >= 11 is 0. The van der Waals surface area contributed by atoms with Gasteiger partial charge < -0.3 is 15.2 Å². The van der Waals surface area contributed by atoms with E-state index in [4.69, 9.17) is 5.73 Å². The van der Waals surface area contributed by atoms with Gasteiger partial charge in [0.25, 0.3) is 0 Å². The Balaban J connectivity index is 2.00. The Labute approximate surface area is 104 Å². The second-order valence-corrected chi connectivity index (χ2v) is 4.28. The topological polar surface area (TPSA) is 63.5 Å². The third-order valence-electron chi connectivity index (χ3n) is 2.91. The van der Waals surface area contributed by atoms with Crippen molar-refractivity contribution in [3.8, 4) is 5.75 Å². The van der Waals surface area contributed by atoms with E-state index in [1.54, 1.807) is 18.3 Å². The van der Waals surface area contributed by atoms with Gasteiger partial charge in [0.1, 0.15) is 11.6 Å². The molecule has 0 atom stereocenters. The lowest BCUT2D eigenvalue weighted by molar-refractivity contribution is 0.474. The summed E-state index contributed by atoms with van der Waals surface area (Å²) in [5.74, 6) is 1.20. The first-order valence-electron chi connectivity index (χ1n) is 5.72. The number of aromatic nitrogens is 2. The molecule has 2 aromatic heterocycles. The summed E-state index contributed by atoms with van der Waals surface area (Å²) in [6, 6.07) is 10.9. The summed E-state index contributed by atoms with van der Waals surface area (Å²) in [6.07, 6.45) is 4.39. The highest BCUT2D eigenvalue weighted by Gasteiger charge is 2.05. The number of benzene rings is 1. The van der Waals surface area contributed by atoms with Crippen molar-refractivity contribution < 1.29 is 5.11 Å². The van der Waals surface area contributed by atoms with Crippen LogP contribution in [-0.2, 0) is 6.42 Å². The number of pyridine rings is 1. The second kappa shape index (κ2) is 4.07. The van der Waals surface area contributed by atoms with Crippen LogP contribution >= 0.6 is 0 Å². The molecule has 3 rings (SSSR count). The number of aromatic hydroxyl groups is 1. The molecule has 0 unspecified atom stereocenters. The lowest BCUT2D eigenvalue weighted by Crippen LogP contribution is -1.96. The first-order valence-corrected chi connectivity index (χ1v) is 5.72. The van der Waals surface area contributed by atoms with Crippen molar-refractivity contribution in [2.24, 2.45) is 0 Å². The van der Waals surface area contributed by atoms with Crippen LogP contribution in [0.3, 0.4) is 0 Å². The van der Waals surface area contributed by atoms with Crippen molar-refractivity contribution in [3.05, 3.63) is 60.2 Å². The molecule has 0 radical (unpaired) electrons. The van der Waals surface area contributed by atoms with Crippen molar-refractivity contribution in [1.29, 1.82) is 0 Å². The third kappa shape index (κ3) is 1.88. The van der Waals surface area contributed by atoms with Gasteiger partial charge in [-0.2, -0.15) is 0 Å². The standard InChI is InChI=1S/C14H13N3O/c15-11-4-5-17-12(8-11)9-16-14(17)7-10-2-1-3-13(18)6-10/h1-6,8-9,18H,7,15H2. The fourth-order valence-electron chi connectivity index (χ4n) is 2.05. The third-order valence-corrected chi connectivity index (χ3v) is 2.91. The van der Waals surface area contributed by atoms with Crippen molar-refractivity contribution in [2.75, 3.05) is 5.73 Å². The molecule has 0 bridgehead atoms. The zero-order valence-corrected chi connectivity index (χ0v) is 9.74. The molecule has 3 N–H and O–H groups in total. The first-order chi connectivity index (χ1) is 8.72. The Morgan fingerprint density at radius 2 is 2.11 bits per heavy atom. The number of imidazole rings is 1. The molecule has 3 aromatic rings. The molecule has 4 heteroatoms. The van der Waals surface area contributed by atoms with E-state index in [1.165, 1.54) is 0 Å². The number of fused-ring (bicyclic) bond motifs is 1. The number of nitrogen functional groups attached to an aromatic ring is 1. The molecule has 2 heterocycles. The largest absolute Gasteiger partial charge is 0.508 e. The predicted octanol–water partition coefficient (Wildman–Crippen LogP) is 2.21. The molecular weight excluding hydrogens is 226 g/mol.